The standard InChI is InChI=1S/C23H35F2NO/c1-2-3-4-5-17-6-8-18(9-7-17)19-10-12-20(13-11-19)21-14-15-22(26-16-21)27-23(24)25/h14-20,23H,2-13H2,1H3/t17-,18-,19?,20?. The van der Waals surface area contributed by atoms with Gasteiger partial charge in [0.05, 0.1) is 0 Å². The first-order chi connectivity index (χ1) is 13.2. The number of aromatic nitrogens is 1. The third-order valence-corrected chi connectivity index (χ3v) is 6.99. The normalized spacial score (nSPS) is 29.0. The summed E-state index contributed by atoms with van der Waals surface area (Å²) in [5.41, 5.74) is 1.18. The van der Waals surface area contributed by atoms with Gasteiger partial charge in [0.15, 0.2) is 0 Å². The first-order valence-electron chi connectivity index (χ1n) is 11.1. The molecule has 0 aliphatic heterocycles. The maximum atomic E-state index is 12.2. The fourth-order valence-corrected chi connectivity index (χ4v) is 5.35. The molecule has 2 saturated carbocycles. The predicted octanol–water partition coefficient (Wildman–Crippen LogP) is 7.34. The molecule has 0 aromatic carbocycles. The van der Waals surface area contributed by atoms with Gasteiger partial charge in [-0.1, -0.05) is 51.5 Å². The first-order valence-corrected chi connectivity index (χ1v) is 11.1. The smallest absolute Gasteiger partial charge is 0.388 e. The maximum Gasteiger partial charge on any atom is 0.388 e. The highest BCUT2D eigenvalue weighted by atomic mass is 19.3. The van der Waals surface area contributed by atoms with E-state index in [1.165, 1.54) is 82.6 Å². The highest BCUT2D eigenvalue weighted by Crippen LogP contribution is 2.44. The molecule has 1 aromatic heterocycles. The summed E-state index contributed by atoms with van der Waals surface area (Å²) in [6, 6.07) is 3.49. The van der Waals surface area contributed by atoms with Crippen LogP contribution in [-0.4, -0.2) is 11.6 Å². The summed E-state index contributed by atoms with van der Waals surface area (Å²) < 4.78 is 28.8. The van der Waals surface area contributed by atoms with Gasteiger partial charge in [0.2, 0.25) is 5.88 Å². The van der Waals surface area contributed by atoms with Crippen LogP contribution in [0.25, 0.3) is 0 Å². The van der Waals surface area contributed by atoms with Gasteiger partial charge in [-0.25, -0.2) is 4.98 Å². The summed E-state index contributed by atoms with van der Waals surface area (Å²) >= 11 is 0. The van der Waals surface area contributed by atoms with Crippen molar-refractivity contribution in [3.05, 3.63) is 23.9 Å². The molecule has 4 heteroatoms. The highest BCUT2D eigenvalue weighted by molar-refractivity contribution is 5.21. The van der Waals surface area contributed by atoms with Crippen molar-refractivity contribution >= 4 is 0 Å². The molecule has 0 radical (unpaired) electrons. The van der Waals surface area contributed by atoms with Crippen molar-refractivity contribution in [2.75, 3.05) is 0 Å². The molecule has 2 nitrogen and oxygen atoms in total. The summed E-state index contributed by atoms with van der Waals surface area (Å²) in [5.74, 6) is 3.36. The Bertz CT molecular complexity index is 532. The van der Waals surface area contributed by atoms with E-state index in [2.05, 4.69) is 16.6 Å². The summed E-state index contributed by atoms with van der Waals surface area (Å²) in [7, 11) is 0. The second-order valence-electron chi connectivity index (χ2n) is 8.70. The Balaban J connectivity index is 1.40. The second-order valence-corrected chi connectivity index (χ2v) is 8.70. The van der Waals surface area contributed by atoms with E-state index in [0.29, 0.717) is 5.92 Å². The van der Waals surface area contributed by atoms with Gasteiger partial charge < -0.3 is 4.74 Å². The lowest BCUT2D eigenvalue weighted by Gasteiger charge is -2.38. The number of hydrogen-bond acceptors (Lipinski definition) is 2. The first kappa shape index (κ1) is 20.5. The molecular formula is C23H35F2NO. The quantitative estimate of drug-likeness (QED) is 0.441. The number of nitrogens with zero attached hydrogens (tertiary/aromatic N) is 1. The Kier molecular flexibility index (Phi) is 7.90. The number of hydrogen-bond donors (Lipinski definition) is 0. The average molecular weight is 380 g/mol. The van der Waals surface area contributed by atoms with E-state index in [-0.39, 0.29) is 5.88 Å². The van der Waals surface area contributed by atoms with Gasteiger partial charge in [-0.2, -0.15) is 8.78 Å². The SMILES string of the molecule is CCCCC[C@H]1CC[C@H](C2CCC(c3ccc(OC(F)F)nc3)CC2)CC1. The molecular weight excluding hydrogens is 344 g/mol. The van der Waals surface area contributed by atoms with Crippen molar-refractivity contribution in [2.45, 2.75) is 96.5 Å². The van der Waals surface area contributed by atoms with Gasteiger partial charge >= 0.3 is 6.61 Å². The van der Waals surface area contributed by atoms with Crippen LogP contribution in [0.5, 0.6) is 5.88 Å². The molecule has 2 aliphatic rings. The minimum Gasteiger partial charge on any atom is -0.417 e. The van der Waals surface area contributed by atoms with Gasteiger partial charge in [-0.15, -0.1) is 0 Å². The summed E-state index contributed by atoms with van der Waals surface area (Å²) in [4.78, 5) is 4.04. The van der Waals surface area contributed by atoms with Crippen molar-refractivity contribution in [3.8, 4) is 5.88 Å². The van der Waals surface area contributed by atoms with E-state index in [0.717, 1.165) is 17.8 Å². The number of pyridine rings is 1. The summed E-state index contributed by atoms with van der Waals surface area (Å²) in [6.07, 6.45) is 18.1. The van der Waals surface area contributed by atoms with Gasteiger partial charge in [0.25, 0.3) is 0 Å². The van der Waals surface area contributed by atoms with Gasteiger partial charge in [0.1, 0.15) is 0 Å². The van der Waals surface area contributed by atoms with Crippen molar-refractivity contribution in [3.63, 3.8) is 0 Å². The molecule has 0 atom stereocenters. The Morgan fingerprint density at radius 2 is 1.63 bits per heavy atom. The number of alkyl halides is 2. The molecule has 1 aromatic rings. The molecule has 27 heavy (non-hydrogen) atoms. The number of ether oxygens (including phenoxy) is 1. The molecule has 2 aliphatic carbocycles. The van der Waals surface area contributed by atoms with E-state index >= 15 is 0 Å². The molecule has 152 valence electrons. The average Bonchev–Trinajstić information content (AvgIpc) is 2.69. The molecule has 0 bridgehead atoms. The van der Waals surface area contributed by atoms with E-state index in [9.17, 15) is 8.78 Å². The summed E-state index contributed by atoms with van der Waals surface area (Å²) in [5, 5.41) is 0. The topological polar surface area (TPSA) is 22.1 Å². The fourth-order valence-electron chi connectivity index (χ4n) is 5.35. The van der Waals surface area contributed by atoms with E-state index in [1.54, 1.807) is 12.3 Å². The molecule has 0 unspecified atom stereocenters. The van der Waals surface area contributed by atoms with E-state index < -0.39 is 6.61 Å². The van der Waals surface area contributed by atoms with Crippen LogP contribution in [0.4, 0.5) is 8.78 Å². The second kappa shape index (κ2) is 10.4. The third kappa shape index (κ3) is 6.15. The van der Waals surface area contributed by atoms with Crippen LogP contribution in [0.1, 0.15) is 95.5 Å². The number of rotatable bonds is 8. The van der Waals surface area contributed by atoms with Crippen molar-refractivity contribution < 1.29 is 13.5 Å². The van der Waals surface area contributed by atoms with Crippen LogP contribution in [-0.2, 0) is 0 Å². The maximum absolute atomic E-state index is 12.2. The molecule has 0 saturated heterocycles. The molecule has 3 rings (SSSR count). The largest absolute Gasteiger partial charge is 0.417 e. The Hall–Kier alpha value is -1.19. The van der Waals surface area contributed by atoms with Crippen LogP contribution >= 0.6 is 0 Å². The minimum atomic E-state index is -2.81. The lowest BCUT2D eigenvalue weighted by molar-refractivity contribution is -0.0528. The van der Waals surface area contributed by atoms with E-state index in [4.69, 9.17) is 0 Å². The Morgan fingerprint density at radius 1 is 0.963 bits per heavy atom. The molecule has 0 amide bonds. The van der Waals surface area contributed by atoms with Gasteiger partial charge in [-0.05, 0) is 67.8 Å². The van der Waals surface area contributed by atoms with Gasteiger partial charge in [-0.3, -0.25) is 0 Å². The molecule has 1 heterocycles. The van der Waals surface area contributed by atoms with Crippen LogP contribution in [0, 0.1) is 17.8 Å². The van der Waals surface area contributed by atoms with Crippen LogP contribution in [0.2, 0.25) is 0 Å². The zero-order valence-electron chi connectivity index (χ0n) is 16.7. The number of halogens is 2. The van der Waals surface area contributed by atoms with Crippen LogP contribution in [0.3, 0.4) is 0 Å². The lowest BCUT2D eigenvalue weighted by Crippen LogP contribution is -2.25. The Labute approximate surface area is 163 Å². The predicted molar refractivity (Wildman–Crippen MR) is 105 cm³/mol. The Morgan fingerprint density at radius 3 is 2.19 bits per heavy atom. The van der Waals surface area contributed by atoms with Gasteiger partial charge in [0, 0.05) is 12.3 Å². The zero-order chi connectivity index (χ0) is 19.1. The zero-order valence-corrected chi connectivity index (χ0v) is 16.7. The monoisotopic (exact) mass is 379 g/mol. The minimum absolute atomic E-state index is 0.0122. The lowest BCUT2D eigenvalue weighted by atomic mass is 9.68. The number of unbranched alkanes of at least 4 members (excludes halogenated alkanes) is 2. The van der Waals surface area contributed by atoms with Crippen molar-refractivity contribution in [2.24, 2.45) is 17.8 Å². The molecule has 0 spiro atoms. The van der Waals surface area contributed by atoms with Crippen molar-refractivity contribution in [1.82, 2.24) is 4.98 Å². The van der Waals surface area contributed by atoms with E-state index in [1.807, 2.05) is 6.07 Å². The highest BCUT2D eigenvalue weighted by Gasteiger charge is 2.31. The van der Waals surface area contributed by atoms with Crippen molar-refractivity contribution in [1.29, 1.82) is 0 Å². The fraction of sp³-hybridized carbons (Fsp3) is 0.783. The van der Waals surface area contributed by atoms with Crippen LogP contribution in [0.15, 0.2) is 18.3 Å². The third-order valence-electron chi connectivity index (χ3n) is 6.99. The molecule has 2 fully saturated rings. The van der Waals surface area contributed by atoms with Crippen LogP contribution < -0.4 is 4.74 Å². The molecule has 0 N–H and O–H groups in total. The summed E-state index contributed by atoms with van der Waals surface area (Å²) in [6.45, 7) is -0.518.